The van der Waals surface area contributed by atoms with Crippen molar-refractivity contribution in [3.05, 3.63) is 212 Å². The second-order valence-electron chi connectivity index (χ2n) is 13.7. The SMILES string of the molecule is c1ccc(-c2ccc(-c3ccc(N(c4ccc(-c5ccccc5)cc4)c4c(-c5ccccc5)ccc5c4oc4cc6ccccc6cc45)cc3)cc2)cc1. The highest BCUT2D eigenvalue weighted by Gasteiger charge is 2.24. The summed E-state index contributed by atoms with van der Waals surface area (Å²) in [5, 5.41) is 4.56. The first-order valence-electron chi connectivity index (χ1n) is 18.4. The van der Waals surface area contributed by atoms with Crippen molar-refractivity contribution >= 4 is 49.8 Å². The Balaban J connectivity index is 1.17. The number of fused-ring (bicyclic) bond motifs is 4. The Morgan fingerprint density at radius 2 is 0.722 bits per heavy atom. The van der Waals surface area contributed by atoms with Crippen molar-refractivity contribution in [3.8, 4) is 44.5 Å². The topological polar surface area (TPSA) is 16.4 Å². The van der Waals surface area contributed by atoms with Crippen LogP contribution in [-0.4, -0.2) is 0 Å². The van der Waals surface area contributed by atoms with Crippen LogP contribution in [0.15, 0.2) is 217 Å². The predicted molar refractivity (Wildman–Crippen MR) is 228 cm³/mol. The molecule has 2 nitrogen and oxygen atoms in total. The van der Waals surface area contributed by atoms with Gasteiger partial charge in [0.1, 0.15) is 5.58 Å². The lowest BCUT2D eigenvalue weighted by molar-refractivity contribution is 0.670. The molecule has 0 unspecified atom stereocenters. The van der Waals surface area contributed by atoms with Crippen LogP contribution in [0.4, 0.5) is 17.1 Å². The van der Waals surface area contributed by atoms with Crippen molar-refractivity contribution in [2.24, 2.45) is 0 Å². The van der Waals surface area contributed by atoms with Crippen molar-refractivity contribution in [1.29, 1.82) is 0 Å². The number of anilines is 3. The molecule has 10 rings (SSSR count). The lowest BCUT2D eigenvalue weighted by Crippen LogP contribution is -2.11. The largest absolute Gasteiger partial charge is 0.454 e. The Morgan fingerprint density at radius 3 is 1.22 bits per heavy atom. The summed E-state index contributed by atoms with van der Waals surface area (Å²) in [6.45, 7) is 0. The van der Waals surface area contributed by atoms with Gasteiger partial charge in [0, 0.05) is 27.7 Å². The number of nitrogens with zero attached hydrogens (tertiary/aromatic N) is 1. The van der Waals surface area contributed by atoms with Gasteiger partial charge in [0.2, 0.25) is 0 Å². The van der Waals surface area contributed by atoms with Gasteiger partial charge in [0.05, 0.1) is 5.69 Å². The van der Waals surface area contributed by atoms with Gasteiger partial charge in [-0.2, -0.15) is 0 Å². The lowest BCUT2D eigenvalue weighted by atomic mass is 9.97. The molecule has 0 N–H and O–H groups in total. The van der Waals surface area contributed by atoms with E-state index < -0.39 is 0 Å². The van der Waals surface area contributed by atoms with E-state index in [1.165, 1.54) is 33.2 Å². The molecule has 0 spiro atoms. The molecular weight excluding hydrogens is 655 g/mol. The molecular formula is C52H35NO. The fourth-order valence-electron chi connectivity index (χ4n) is 7.71. The van der Waals surface area contributed by atoms with E-state index in [0.29, 0.717) is 0 Å². The summed E-state index contributed by atoms with van der Waals surface area (Å²) in [4.78, 5) is 2.36. The van der Waals surface area contributed by atoms with Crippen LogP contribution in [0.5, 0.6) is 0 Å². The maximum Gasteiger partial charge on any atom is 0.160 e. The highest BCUT2D eigenvalue weighted by molar-refractivity contribution is 6.16. The van der Waals surface area contributed by atoms with Crippen LogP contribution < -0.4 is 4.90 Å². The molecule has 0 aliphatic rings. The minimum Gasteiger partial charge on any atom is -0.454 e. The Labute approximate surface area is 314 Å². The molecule has 10 aromatic rings. The number of furan rings is 1. The second kappa shape index (κ2) is 13.4. The fourth-order valence-corrected chi connectivity index (χ4v) is 7.71. The Hall–Kier alpha value is -7.16. The summed E-state index contributed by atoms with van der Waals surface area (Å²) >= 11 is 0. The van der Waals surface area contributed by atoms with Gasteiger partial charge in [-0.15, -0.1) is 0 Å². The summed E-state index contributed by atoms with van der Waals surface area (Å²) < 4.78 is 6.97. The molecule has 0 atom stereocenters. The van der Waals surface area contributed by atoms with E-state index in [1.807, 2.05) is 0 Å². The van der Waals surface area contributed by atoms with Gasteiger partial charge in [0.15, 0.2) is 5.58 Å². The average Bonchev–Trinajstić information content (AvgIpc) is 3.62. The zero-order valence-corrected chi connectivity index (χ0v) is 29.6. The molecule has 0 aliphatic heterocycles. The van der Waals surface area contributed by atoms with Gasteiger partial charge in [-0.1, -0.05) is 170 Å². The molecule has 9 aromatic carbocycles. The van der Waals surface area contributed by atoms with Crippen molar-refractivity contribution < 1.29 is 4.42 Å². The number of hydrogen-bond acceptors (Lipinski definition) is 2. The van der Waals surface area contributed by atoms with Crippen LogP contribution in [0, 0.1) is 0 Å². The van der Waals surface area contributed by atoms with Crippen molar-refractivity contribution in [2.75, 3.05) is 4.90 Å². The van der Waals surface area contributed by atoms with Crippen molar-refractivity contribution in [1.82, 2.24) is 0 Å². The third kappa shape index (κ3) is 5.71. The van der Waals surface area contributed by atoms with Crippen LogP contribution in [0.1, 0.15) is 0 Å². The van der Waals surface area contributed by atoms with E-state index in [1.54, 1.807) is 0 Å². The van der Waals surface area contributed by atoms with E-state index in [4.69, 9.17) is 4.42 Å². The highest BCUT2D eigenvalue weighted by Crippen LogP contribution is 2.48. The number of rotatable bonds is 7. The predicted octanol–water partition coefficient (Wildman–Crippen LogP) is 14.9. The Kier molecular flexibility index (Phi) is 7.85. The summed E-state index contributed by atoms with van der Waals surface area (Å²) in [5.74, 6) is 0. The third-order valence-corrected chi connectivity index (χ3v) is 10.5. The molecule has 0 saturated carbocycles. The Morgan fingerprint density at radius 1 is 0.315 bits per heavy atom. The zero-order chi connectivity index (χ0) is 35.8. The summed E-state index contributed by atoms with van der Waals surface area (Å²) in [6, 6.07) is 75.8. The van der Waals surface area contributed by atoms with Crippen LogP contribution in [0.3, 0.4) is 0 Å². The van der Waals surface area contributed by atoms with Gasteiger partial charge in [-0.25, -0.2) is 0 Å². The molecule has 0 amide bonds. The minimum atomic E-state index is 0.856. The number of hydrogen-bond donors (Lipinski definition) is 0. The maximum absolute atomic E-state index is 6.97. The first kappa shape index (κ1) is 31.6. The van der Waals surface area contributed by atoms with E-state index >= 15 is 0 Å². The summed E-state index contributed by atoms with van der Waals surface area (Å²) in [5.41, 5.74) is 14.2. The lowest BCUT2D eigenvalue weighted by Gasteiger charge is -2.28. The van der Waals surface area contributed by atoms with Crippen LogP contribution in [0.25, 0.3) is 77.2 Å². The quantitative estimate of drug-likeness (QED) is 0.166. The van der Waals surface area contributed by atoms with Crippen molar-refractivity contribution in [2.45, 2.75) is 0 Å². The standard InChI is InChI=1S/C52H35NO/c1-4-12-36(13-5-1)38-20-22-39(23-21-38)41-26-30-46(31-27-41)53(45-28-24-40(25-29-45)37-14-6-2-7-15-37)51-47(42-16-8-3-9-17-42)32-33-48-49-34-43-18-10-11-19-44(43)35-50(49)54-52(48)51/h1-35H. The molecule has 0 radical (unpaired) electrons. The number of benzene rings is 9. The van der Waals surface area contributed by atoms with E-state index in [2.05, 4.69) is 217 Å². The van der Waals surface area contributed by atoms with Gasteiger partial charge in [-0.3, -0.25) is 0 Å². The summed E-state index contributed by atoms with van der Waals surface area (Å²) in [7, 11) is 0. The molecule has 1 aromatic heterocycles. The van der Waals surface area contributed by atoms with E-state index in [-0.39, 0.29) is 0 Å². The smallest absolute Gasteiger partial charge is 0.160 e. The fraction of sp³-hybridized carbons (Fsp3) is 0. The van der Waals surface area contributed by atoms with Gasteiger partial charge < -0.3 is 9.32 Å². The molecule has 0 saturated heterocycles. The zero-order valence-electron chi connectivity index (χ0n) is 29.6. The van der Waals surface area contributed by atoms with Crippen LogP contribution in [-0.2, 0) is 0 Å². The van der Waals surface area contributed by atoms with Crippen molar-refractivity contribution in [3.63, 3.8) is 0 Å². The molecule has 0 bridgehead atoms. The highest BCUT2D eigenvalue weighted by atomic mass is 16.3. The maximum atomic E-state index is 6.97. The average molecular weight is 690 g/mol. The van der Waals surface area contributed by atoms with E-state index in [0.717, 1.165) is 61.1 Å². The summed E-state index contributed by atoms with van der Waals surface area (Å²) in [6.07, 6.45) is 0. The first-order chi connectivity index (χ1) is 26.8. The van der Waals surface area contributed by atoms with Crippen LogP contribution >= 0.6 is 0 Å². The monoisotopic (exact) mass is 689 g/mol. The van der Waals surface area contributed by atoms with E-state index in [9.17, 15) is 0 Å². The minimum absolute atomic E-state index is 0.856. The molecule has 0 aliphatic carbocycles. The third-order valence-electron chi connectivity index (χ3n) is 10.5. The van der Waals surface area contributed by atoms with Gasteiger partial charge in [-0.05, 0) is 92.2 Å². The molecule has 254 valence electrons. The van der Waals surface area contributed by atoms with Crippen LogP contribution in [0.2, 0.25) is 0 Å². The molecule has 0 fully saturated rings. The molecule has 1 heterocycles. The van der Waals surface area contributed by atoms with Gasteiger partial charge in [0.25, 0.3) is 0 Å². The second-order valence-corrected chi connectivity index (χ2v) is 13.7. The Bertz CT molecular complexity index is 2880. The molecule has 54 heavy (non-hydrogen) atoms. The molecule has 2 heteroatoms. The first-order valence-corrected chi connectivity index (χ1v) is 18.4. The normalized spacial score (nSPS) is 11.3. The van der Waals surface area contributed by atoms with Gasteiger partial charge >= 0.3 is 0 Å².